The Labute approximate surface area is 149 Å². The van der Waals surface area contributed by atoms with Gasteiger partial charge in [0.2, 0.25) is 5.83 Å². The van der Waals surface area contributed by atoms with E-state index in [-0.39, 0.29) is 18.9 Å². The van der Waals surface area contributed by atoms with Crippen LogP contribution in [0.1, 0.15) is 26.3 Å². The Balaban J connectivity index is 1.95. The molecule has 1 aliphatic rings. The summed E-state index contributed by atoms with van der Waals surface area (Å²) in [7, 11) is 0. The van der Waals surface area contributed by atoms with E-state index in [1.54, 1.807) is 20.8 Å². The first-order chi connectivity index (χ1) is 12.2. The van der Waals surface area contributed by atoms with Crippen molar-refractivity contribution < 1.29 is 28.4 Å². The van der Waals surface area contributed by atoms with Crippen LogP contribution in [0.2, 0.25) is 0 Å². The number of hydrogen-bond donors (Lipinski definition) is 0. The van der Waals surface area contributed by atoms with E-state index < -0.39 is 39.9 Å². The number of nitrogens with zero attached hydrogens (tertiary/aromatic N) is 1. The van der Waals surface area contributed by atoms with E-state index >= 15 is 0 Å². The van der Waals surface area contributed by atoms with Gasteiger partial charge in [0.05, 0.1) is 17.4 Å². The molecule has 1 aliphatic carbocycles. The van der Waals surface area contributed by atoms with Crippen LogP contribution < -0.4 is 0 Å². The summed E-state index contributed by atoms with van der Waals surface area (Å²) in [5.41, 5.74) is 0.0198. The lowest BCUT2D eigenvalue weighted by Gasteiger charge is -2.05. The van der Waals surface area contributed by atoms with Crippen LogP contribution in [-0.2, 0) is 25.7 Å². The molecule has 1 saturated carbocycles. The van der Waals surface area contributed by atoms with Gasteiger partial charge in [0.25, 0.3) is 5.69 Å². The second-order valence-electron chi connectivity index (χ2n) is 6.59. The van der Waals surface area contributed by atoms with Crippen LogP contribution >= 0.6 is 0 Å². The molecule has 0 unspecified atom stereocenters. The molecule has 0 saturated heterocycles. The van der Waals surface area contributed by atoms with Gasteiger partial charge in [-0.15, -0.1) is 0 Å². The predicted molar refractivity (Wildman–Crippen MR) is 89.5 cm³/mol. The fourth-order valence-corrected chi connectivity index (χ4v) is 2.82. The summed E-state index contributed by atoms with van der Waals surface area (Å²) in [4.78, 5) is 33.7. The van der Waals surface area contributed by atoms with Gasteiger partial charge in [-0.3, -0.25) is 14.9 Å². The third-order valence-corrected chi connectivity index (χ3v) is 4.49. The summed E-state index contributed by atoms with van der Waals surface area (Å²) < 4.78 is 23.6. The van der Waals surface area contributed by atoms with Crippen molar-refractivity contribution in [1.29, 1.82) is 0 Å². The number of esters is 2. The van der Waals surface area contributed by atoms with Crippen molar-refractivity contribution >= 4 is 17.6 Å². The van der Waals surface area contributed by atoms with Gasteiger partial charge >= 0.3 is 11.9 Å². The van der Waals surface area contributed by atoms with E-state index in [0.29, 0.717) is 5.56 Å². The maximum Gasteiger partial charge on any atom is 0.366 e. The molecule has 0 N–H and O–H groups in total. The number of benzene rings is 1. The number of halogens is 1. The maximum atomic E-state index is 13.8. The number of carbonyl (C=O) groups is 2. The molecular weight excluding hydrogens is 345 g/mol. The SMILES string of the molecule is CCOC(=O)/C(F)=C/[C@H]1[C@@H](C(=O)OCc2ccc([N+](=O)[O-])cc2)C1(C)C. The van der Waals surface area contributed by atoms with Gasteiger partial charge in [-0.1, -0.05) is 13.8 Å². The van der Waals surface area contributed by atoms with Crippen molar-refractivity contribution in [2.45, 2.75) is 27.4 Å². The molecule has 7 nitrogen and oxygen atoms in total. The Morgan fingerprint density at radius 1 is 1.27 bits per heavy atom. The van der Waals surface area contributed by atoms with E-state index in [0.717, 1.165) is 6.08 Å². The molecule has 0 radical (unpaired) electrons. The van der Waals surface area contributed by atoms with Gasteiger partial charge in [-0.05, 0) is 42.0 Å². The summed E-state index contributed by atoms with van der Waals surface area (Å²) in [5, 5.41) is 10.6. The fraction of sp³-hybridized carbons (Fsp3) is 0.444. The average Bonchev–Trinajstić information content (AvgIpc) is 3.13. The highest BCUT2D eigenvalue weighted by Gasteiger charge is 2.62. The summed E-state index contributed by atoms with van der Waals surface area (Å²) in [5.74, 6) is -3.60. The van der Waals surface area contributed by atoms with Gasteiger partial charge in [-0.25, -0.2) is 4.79 Å². The number of nitro benzene ring substituents is 1. The molecule has 0 aliphatic heterocycles. The molecule has 26 heavy (non-hydrogen) atoms. The molecular formula is C18H20FNO6. The van der Waals surface area contributed by atoms with E-state index in [9.17, 15) is 24.1 Å². The van der Waals surface area contributed by atoms with Gasteiger partial charge in [0, 0.05) is 12.1 Å². The van der Waals surface area contributed by atoms with Crippen molar-refractivity contribution in [2.75, 3.05) is 6.61 Å². The number of hydrogen-bond acceptors (Lipinski definition) is 6. The quantitative estimate of drug-likeness (QED) is 0.318. The van der Waals surface area contributed by atoms with Gasteiger partial charge < -0.3 is 9.47 Å². The molecule has 0 heterocycles. The third-order valence-electron chi connectivity index (χ3n) is 4.49. The number of rotatable bonds is 7. The Morgan fingerprint density at radius 3 is 2.42 bits per heavy atom. The lowest BCUT2D eigenvalue weighted by atomic mass is 10.1. The highest BCUT2D eigenvalue weighted by molar-refractivity contribution is 5.86. The Morgan fingerprint density at radius 2 is 1.88 bits per heavy atom. The summed E-state index contributed by atoms with van der Waals surface area (Å²) in [6, 6.07) is 5.65. The monoisotopic (exact) mass is 365 g/mol. The van der Waals surface area contributed by atoms with Crippen molar-refractivity contribution in [3.63, 3.8) is 0 Å². The molecule has 0 spiro atoms. The number of nitro groups is 1. The van der Waals surface area contributed by atoms with Crippen LogP contribution in [0, 0.1) is 27.4 Å². The molecule has 1 aromatic carbocycles. The van der Waals surface area contributed by atoms with E-state index in [1.807, 2.05) is 0 Å². The first-order valence-electron chi connectivity index (χ1n) is 8.12. The second kappa shape index (κ2) is 7.63. The molecule has 2 atom stereocenters. The maximum absolute atomic E-state index is 13.8. The van der Waals surface area contributed by atoms with E-state index in [4.69, 9.17) is 4.74 Å². The minimum atomic E-state index is -1.05. The lowest BCUT2D eigenvalue weighted by molar-refractivity contribution is -0.384. The van der Waals surface area contributed by atoms with Gasteiger partial charge in [0.1, 0.15) is 6.61 Å². The lowest BCUT2D eigenvalue weighted by Crippen LogP contribution is -2.10. The summed E-state index contributed by atoms with van der Waals surface area (Å²) >= 11 is 0. The van der Waals surface area contributed by atoms with Crippen LogP contribution in [0.3, 0.4) is 0 Å². The zero-order chi connectivity index (χ0) is 19.5. The van der Waals surface area contributed by atoms with Crippen LogP contribution in [0.5, 0.6) is 0 Å². The number of carbonyl (C=O) groups excluding carboxylic acids is 2. The zero-order valence-corrected chi connectivity index (χ0v) is 14.7. The average molecular weight is 365 g/mol. The Kier molecular flexibility index (Phi) is 5.74. The number of non-ortho nitro benzene ring substituents is 1. The smallest absolute Gasteiger partial charge is 0.366 e. The van der Waals surface area contributed by atoms with Crippen molar-refractivity contribution in [1.82, 2.24) is 0 Å². The largest absolute Gasteiger partial charge is 0.461 e. The minimum absolute atomic E-state index is 0.0415. The third kappa shape index (κ3) is 4.25. The van der Waals surface area contributed by atoms with Gasteiger partial charge in [0.15, 0.2) is 0 Å². The molecule has 2 rings (SSSR count). The molecule has 0 amide bonds. The summed E-state index contributed by atoms with van der Waals surface area (Å²) in [6.45, 7) is 5.16. The number of ether oxygens (including phenoxy) is 2. The highest BCUT2D eigenvalue weighted by atomic mass is 19.1. The molecule has 8 heteroatoms. The molecule has 140 valence electrons. The highest BCUT2D eigenvalue weighted by Crippen LogP contribution is 2.60. The Hall–Kier alpha value is -2.77. The van der Waals surface area contributed by atoms with Crippen molar-refractivity contribution in [3.05, 3.63) is 51.8 Å². The minimum Gasteiger partial charge on any atom is -0.461 e. The first-order valence-corrected chi connectivity index (χ1v) is 8.12. The Bertz CT molecular complexity index is 741. The second-order valence-corrected chi connectivity index (χ2v) is 6.59. The fourth-order valence-electron chi connectivity index (χ4n) is 2.82. The predicted octanol–water partition coefficient (Wildman–Crippen LogP) is 3.33. The topological polar surface area (TPSA) is 95.7 Å². The van der Waals surface area contributed by atoms with Crippen molar-refractivity contribution in [3.8, 4) is 0 Å². The van der Waals surface area contributed by atoms with E-state index in [1.165, 1.54) is 24.3 Å². The first kappa shape index (κ1) is 19.6. The molecule has 0 bridgehead atoms. The van der Waals surface area contributed by atoms with Crippen LogP contribution in [0.25, 0.3) is 0 Å². The van der Waals surface area contributed by atoms with Crippen LogP contribution in [0.15, 0.2) is 36.2 Å². The van der Waals surface area contributed by atoms with E-state index in [2.05, 4.69) is 4.74 Å². The van der Waals surface area contributed by atoms with Crippen LogP contribution in [0.4, 0.5) is 10.1 Å². The van der Waals surface area contributed by atoms with Crippen LogP contribution in [-0.4, -0.2) is 23.5 Å². The zero-order valence-electron chi connectivity index (χ0n) is 14.7. The van der Waals surface area contributed by atoms with Crippen molar-refractivity contribution in [2.24, 2.45) is 17.3 Å². The molecule has 1 fully saturated rings. The molecule has 0 aromatic heterocycles. The molecule has 1 aromatic rings. The normalized spacial score (nSPS) is 21.0. The number of allylic oxidation sites excluding steroid dienone is 1. The standard InChI is InChI=1S/C18H20FNO6/c1-4-25-16(21)14(19)9-13-15(18(13,2)3)17(22)26-10-11-5-7-12(8-6-11)20(23)24/h5-9,13,15H,4,10H2,1-3H3/b14-9-/t13-,15-/m0/s1. The summed E-state index contributed by atoms with van der Waals surface area (Å²) in [6.07, 6.45) is 1.11. The van der Waals surface area contributed by atoms with Gasteiger partial charge in [-0.2, -0.15) is 4.39 Å².